The van der Waals surface area contributed by atoms with Gasteiger partial charge in [0.2, 0.25) is 0 Å². The molecule has 0 rings (SSSR count). The molecule has 0 saturated carbocycles. The van der Waals surface area contributed by atoms with Crippen LogP contribution in [0.5, 0.6) is 0 Å². The van der Waals surface area contributed by atoms with Crippen LogP contribution in [0.4, 0.5) is 13.2 Å². The molecule has 80 valence electrons. The fraction of sp³-hybridized carbons (Fsp3) is 1.00. The van der Waals surface area contributed by atoms with E-state index < -0.39 is 12.3 Å². The molecule has 0 radical (unpaired) electrons. The Labute approximate surface area is 76.9 Å². The van der Waals surface area contributed by atoms with E-state index in [1.807, 2.05) is 13.8 Å². The van der Waals surface area contributed by atoms with Crippen molar-refractivity contribution >= 4 is 0 Å². The van der Waals surface area contributed by atoms with E-state index in [2.05, 4.69) is 0 Å². The Morgan fingerprint density at radius 2 is 1.62 bits per heavy atom. The molecule has 0 spiro atoms. The average molecular weight is 198 g/mol. The first kappa shape index (κ1) is 12.8. The van der Waals surface area contributed by atoms with Gasteiger partial charge < -0.3 is 5.11 Å². The van der Waals surface area contributed by atoms with Crippen LogP contribution in [0.2, 0.25) is 0 Å². The maximum absolute atomic E-state index is 12.4. The van der Waals surface area contributed by atoms with Crippen molar-refractivity contribution in [2.75, 3.05) is 0 Å². The number of unbranched alkanes of at least 4 members (excludes halogenated alkanes) is 1. The molecule has 0 fully saturated rings. The van der Waals surface area contributed by atoms with Crippen LogP contribution in [0.1, 0.15) is 39.5 Å². The smallest absolute Gasteiger partial charge is 0.334 e. The Hall–Kier alpha value is -0.250. The maximum Gasteiger partial charge on any atom is 0.384 e. The number of hydrogen-bond donors (Lipinski definition) is 1. The van der Waals surface area contributed by atoms with Crippen LogP contribution < -0.4 is 0 Å². The molecule has 1 nitrogen and oxygen atoms in total. The molecule has 1 unspecified atom stereocenters. The molecule has 0 aromatic heterocycles. The highest BCUT2D eigenvalue weighted by atomic mass is 19.3. The Kier molecular flexibility index (Phi) is 5.37. The molecule has 13 heavy (non-hydrogen) atoms. The van der Waals surface area contributed by atoms with Crippen molar-refractivity contribution in [3.8, 4) is 0 Å². The van der Waals surface area contributed by atoms with Gasteiger partial charge in [-0.1, -0.05) is 33.1 Å². The first-order chi connectivity index (χ1) is 5.84. The molecule has 0 aliphatic heterocycles. The number of alkyl halides is 3. The second-order valence-corrected chi connectivity index (χ2v) is 3.73. The van der Waals surface area contributed by atoms with Crippen LogP contribution in [-0.2, 0) is 0 Å². The molecule has 0 amide bonds. The van der Waals surface area contributed by atoms with E-state index in [9.17, 15) is 13.2 Å². The summed E-state index contributed by atoms with van der Waals surface area (Å²) in [6, 6.07) is 0. The molecular formula is C9H17F3O. The van der Waals surface area contributed by atoms with Crippen molar-refractivity contribution < 1.29 is 18.3 Å². The minimum Gasteiger partial charge on any atom is -0.334 e. The lowest BCUT2D eigenvalue weighted by atomic mass is 10.0. The molecule has 0 aliphatic carbocycles. The monoisotopic (exact) mass is 198 g/mol. The van der Waals surface area contributed by atoms with E-state index in [1.54, 1.807) is 0 Å². The summed E-state index contributed by atoms with van der Waals surface area (Å²) in [4.78, 5) is 0. The van der Waals surface area contributed by atoms with Crippen molar-refractivity contribution in [3.05, 3.63) is 0 Å². The Morgan fingerprint density at radius 3 is 2.00 bits per heavy atom. The van der Waals surface area contributed by atoms with Crippen molar-refractivity contribution in [2.45, 2.75) is 51.8 Å². The van der Waals surface area contributed by atoms with E-state index in [4.69, 9.17) is 5.11 Å². The molecule has 0 aliphatic rings. The summed E-state index contributed by atoms with van der Waals surface area (Å²) >= 11 is 0. The zero-order chi connectivity index (χ0) is 10.5. The Balaban J connectivity index is 3.43. The lowest BCUT2D eigenvalue weighted by molar-refractivity contribution is -0.241. The van der Waals surface area contributed by atoms with Gasteiger partial charge in [0.25, 0.3) is 0 Å². The van der Waals surface area contributed by atoms with Gasteiger partial charge in [0, 0.05) is 0 Å². The summed E-state index contributed by atoms with van der Waals surface area (Å²) in [6.07, 6.45) is -4.82. The van der Waals surface area contributed by atoms with Gasteiger partial charge in [0.05, 0.1) is 0 Å². The first-order valence-corrected chi connectivity index (χ1v) is 4.58. The lowest BCUT2D eigenvalue weighted by Gasteiger charge is -2.13. The van der Waals surface area contributed by atoms with Crippen molar-refractivity contribution in [2.24, 2.45) is 5.92 Å². The average Bonchev–Trinajstić information content (AvgIpc) is 1.95. The van der Waals surface area contributed by atoms with Gasteiger partial charge in [0.15, 0.2) is 6.17 Å². The summed E-state index contributed by atoms with van der Waals surface area (Å²) in [6.45, 7) is 4.04. The molecule has 0 bridgehead atoms. The number of halogens is 3. The first-order valence-electron chi connectivity index (χ1n) is 4.58. The van der Waals surface area contributed by atoms with Gasteiger partial charge in [-0.25, -0.2) is 4.39 Å². The van der Waals surface area contributed by atoms with Crippen LogP contribution in [0.15, 0.2) is 0 Å². The molecule has 1 N–H and O–H groups in total. The topological polar surface area (TPSA) is 20.2 Å². The van der Waals surface area contributed by atoms with Gasteiger partial charge >= 0.3 is 6.11 Å². The molecule has 1 atom stereocenters. The van der Waals surface area contributed by atoms with E-state index in [1.165, 1.54) is 0 Å². The summed E-state index contributed by atoms with van der Waals surface area (Å²) in [5.74, 6) is 0.507. The number of hydrogen-bond acceptors (Lipinski definition) is 1. The molecule has 0 aromatic rings. The Bertz CT molecular complexity index is 131. The molecule has 0 heterocycles. The van der Waals surface area contributed by atoms with Gasteiger partial charge in [-0.05, 0) is 12.3 Å². The third-order valence-electron chi connectivity index (χ3n) is 1.87. The zero-order valence-corrected chi connectivity index (χ0v) is 8.06. The second kappa shape index (κ2) is 5.47. The predicted octanol–water partition coefficient (Wildman–Crippen LogP) is 3.13. The standard InChI is InChI=1S/C9H17F3O/c1-7(2)5-3-4-6-8(10)9(11,12)13/h7-8,13H,3-6H2,1-2H3. The molecular weight excluding hydrogens is 181 g/mol. The van der Waals surface area contributed by atoms with Gasteiger partial charge in [-0.2, -0.15) is 8.78 Å². The Morgan fingerprint density at radius 1 is 1.15 bits per heavy atom. The highest BCUT2D eigenvalue weighted by Crippen LogP contribution is 2.22. The molecule has 0 aromatic carbocycles. The highest BCUT2D eigenvalue weighted by Gasteiger charge is 2.36. The summed E-state index contributed by atoms with van der Waals surface area (Å²) in [5.41, 5.74) is 0. The van der Waals surface area contributed by atoms with Crippen molar-refractivity contribution in [1.82, 2.24) is 0 Å². The maximum atomic E-state index is 12.4. The fourth-order valence-electron chi connectivity index (χ4n) is 1.05. The van der Waals surface area contributed by atoms with Crippen molar-refractivity contribution in [1.29, 1.82) is 0 Å². The van der Waals surface area contributed by atoms with Gasteiger partial charge in [-0.15, -0.1) is 0 Å². The quantitative estimate of drug-likeness (QED) is 0.650. The fourth-order valence-corrected chi connectivity index (χ4v) is 1.05. The van der Waals surface area contributed by atoms with Crippen LogP contribution in [0.25, 0.3) is 0 Å². The molecule has 0 saturated heterocycles. The summed E-state index contributed by atoms with van der Waals surface area (Å²) in [7, 11) is 0. The van der Waals surface area contributed by atoms with E-state index in [-0.39, 0.29) is 6.42 Å². The van der Waals surface area contributed by atoms with E-state index >= 15 is 0 Å². The lowest BCUT2D eigenvalue weighted by Crippen LogP contribution is -2.29. The van der Waals surface area contributed by atoms with Crippen LogP contribution in [0.3, 0.4) is 0 Å². The zero-order valence-electron chi connectivity index (χ0n) is 8.06. The third-order valence-corrected chi connectivity index (χ3v) is 1.87. The van der Waals surface area contributed by atoms with E-state index in [0.29, 0.717) is 12.3 Å². The van der Waals surface area contributed by atoms with Crippen LogP contribution in [0, 0.1) is 5.92 Å². The van der Waals surface area contributed by atoms with Crippen LogP contribution in [-0.4, -0.2) is 17.4 Å². The van der Waals surface area contributed by atoms with Crippen LogP contribution >= 0.6 is 0 Å². The largest absolute Gasteiger partial charge is 0.384 e. The van der Waals surface area contributed by atoms with Gasteiger partial charge in [-0.3, -0.25) is 0 Å². The summed E-state index contributed by atoms with van der Waals surface area (Å²) in [5, 5.41) is 7.99. The van der Waals surface area contributed by atoms with E-state index in [0.717, 1.165) is 12.8 Å². The second-order valence-electron chi connectivity index (χ2n) is 3.73. The number of rotatable bonds is 6. The third kappa shape index (κ3) is 6.87. The SMILES string of the molecule is CC(C)CCCCC(F)C(O)(F)F. The summed E-state index contributed by atoms with van der Waals surface area (Å²) < 4.78 is 36.2. The van der Waals surface area contributed by atoms with Gasteiger partial charge in [0.1, 0.15) is 0 Å². The predicted molar refractivity (Wildman–Crippen MR) is 45.4 cm³/mol. The van der Waals surface area contributed by atoms with Crippen molar-refractivity contribution in [3.63, 3.8) is 0 Å². The number of aliphatic hydroxyl groups is 1. The highest BCUT2D eigenvalue weighted by molar-refractivity contribution is 4.64. The molecule has 4 heteroatoms. The minimum absolute atomic E-state index is 0.268. The minimum atomic E-state index is -4.17. The normalized spacial score (nSPS) is 15.0.